The molecule has 1 aromatic carbocycles. The number of aliphatic imine (C=N–C) groups is 1. The van der Waals surface area contributed by atoms with Gasteiger partial charge in [0, 0.05) is 24.4 Å². The van der Waals surface area contributed by atoms with E-state index >= 15 is 0 Å². The number of rotatable bonds is 1. The number of nitrogens with two attached hydrogens (primary N) is 2. The maximum absolute atomic E-state index is 12.4. The molecule has 2 aliphatic heterocycles. The van der Waals surface area contributed by atoms with Gasteiger partial charge in [-0.15, -0.1) is 0 Å². The van der Waals surface area contributed by atoms with Crippen LogP contribution in [0, 0.1) is 0 Å². The summed E-state index contributed by atoms with van der Waals surface area (Å²) < 4.78 is 0. The topological polar surface area (TPSA) is 96.7 Å². The first-order valence-electron chi connectivity index (χ1n) is 6.19. The predicted molar refractivity (Wildman–Crippen MR) is 81.7 cm³/mol. The van der Waals surface area contributed by atoms with E-state index in [0.29, 0.717) is 16.7 Å². The molecule has 6 nitrogen and oxygen atoms in total. The maximum Gasteiger partial charge on any atom is 0.255 e. The van der Waals surface area contributed by atoms with Crippen LogP contribution in [0.4, 0.5) is 0 Å². The Bertz CT molecular complexity index is 702. The maximum atomic E-state index is 12.4. The molecule has 0 radical (unpaired) electrons. The Labute approximate surface area is 131 Å². The second-order valence-corrected chi connectivity index (χ2v) is 5.70. The molecule has 8 heteroatoms. The molecule has 1 aromatic rings. The summed E-state index contributed by atoms with van der Waals surface area (Å²) in [5, 5.41) is 3.01. The summed E-state index contributed by atoms with van der Waals surface area (Å²) in [6.07, 6.45) is 0.944. The summed E-state index contributed by atoms with van der Waals surface area (Å²) in [5.74, 6) is -0.216. The Kier molecular flexibility index (Phi) is 3.22. The first-order valence-corrected chi connectivity index (χ1v) is 6.95. The van der Waals surface area contributed by atoms with Crippen LogP contribution in [0.15, 0.2) is 34.4 Å². The number of hydrogen-bond donors (Lipinski definition) is 3. The lowest BCUT2D eigenvalue weighted by molar-refractivity contribution is 0.0776. The predicted octanol–water partition coefficient (Wildman–Crippen LogP) is 1.12. The highest BCUT2D eigenvalue weighted by atomic mass is 35.5. The molecule has 0 saturated carbocycles. The van der Waals surface area contributed by atoms with Gasteiger partial charge in [-0.1, -0.05) is 29.8 Å². The van der Waals surface area contributed by atoms with Crippen LogP contribution < -0.4 is 16.8 Å². The molecule has 5 N–H and O–H groups in total. The van der Waals surface area contributed by atoms with Crippen LogP contribution in [0.1, 0.15) is 27.7 Å². The van der Waals surface area contributed by atoms with Gasteiger partial charge in [-0.3, -0.25) is 10.5 Å². The van der Waals surface area contributed by atoms with E-state index < -0.39 is 11.8 Å². The lowest BCUT2D eigenvalue weighted by Gasteiger charge is -2.29. The van der Waals surface area contributed by atoms with E-state index in [1.54, 1.807) is 25.2 Å². The van der Waals surface area contributed by atoms with Crippen LogP contribution in [-0.4, -0.2) is 23.1 Å². The molecule has 2 aliphatic rings. The molecule has 21 heavy (non-hydrogen) atoms. The molecule has 0 saturated heterocycles. The molecule has 0 aliphatic carbocycles. The molecule has 2 heterocycles. The Balaban J connectivity index is 2.25. The lowest BCUT2D eigenvalue weighted by atomic mass is 9.91. The second kappa shape index (κ2) is 4.71. The van der Waals surface area contributed by atoms with Crippen molar-refractivity contribution in [2.75, 3.05) is 7.05 Å². The average molecular weight is 326 g/mol. The third-order valence-electron chi connectivity index (χ3n) is 3.73. The third-order valence-corrected chi connectivity index (χ3v) is 4.32. The normalized spacial score (nSPS) is 28.0. The minimum atomic E-state index is -1.41. The van der Waals surface area contributed by atoms with Crippen LogP contribution in [0.2, 0.25) is 0 Å². The van der Waals surface area contributed by atoms with Crippen molar-refractivity contribution >= 4 is 34.4 Å². The van der Waals surface area contributed by atoms with Crippen molar-refractivity contribution in [3.05, 3.63) is 46.1 Å². The standard InChI is InChI=1S/C13H13Cl2N5O/c1-20-10(16)6-3-2-4-7(9(6)11(20)21)13(17)8(14)5-18-12(15)19-13/h2-5,10H,16-17H2,1H3,(H,18,19). The Morgan fingerprint density at radius 3 is 2.86 bits per heavy atom. The van der Waals surface area contributed by atoms with Crippen molar-refractivity contribution in [1.82, 2.24) is 10.2 Å². The number of carbonyl (C=O) groups is 1. The van der Waals surface area contributed by atoms with Crippen molar-refractivity contribution in [3.63, 3.8) is 0 Å². The summed E-state index contributed by atoms with van der Waals surface area (Å²) in [4.78, 5) is 18.0. The summed E-state index contributed by atoms with van der Waals surface area (Å²) in [6, 6.07) is 5.26. The van der Waals surface area contributed by atoms with Gasteiger partial charge in [0.1, 0.15) is 6.17 Å². The fraction of sp³-hybridized carbons (Fsp3) is 0.231. The van der Waals surface area contributed by atoms with E-state index in [-0.39, 0.29) is 16.2 Å². The zero-order valence-corrected chi connectivity index (χ0v) is 12.6. The molecule has 2 unspecified atom stereocenters. The Hall–Kier alpha value is -1.60. The van der Waals surface area contributed by atoms with Gasteiger partial charge in [0.15, 0.2) is 11.0 Å². The minimum Gasteiger partial charge on any atom is -0.336 e. The summed E-state index contributed by atoms with van der Waals surface area (Å²) in [5.41, 5.74) is 12.5. The number of benzene rings is 1. The van der Waals surface area contributed by atoms with Gasteiger partial charge in [0.25, 0.3) is 5.91 Å². The van der Waals surface area contributed by atoms with Gasteiger partial charge in [-0.05, 0) is 11.6 Å². The molecular weight excluding hydrogens is 313 g/mol. The summed E-state index contributed by atoms with van der Waals surface area (Å²) >= 11 is 12.1. The zero-order valence-electron chi connectivity index (χ0n) is 11.1. The number of nitrogens with one attached hydrogen (secondary N) is 1. The van der Waals surface area contributed by atoms with Gasteiger partial charge < -0.3 is 16.0 Å². The number of amidine groups is 1. The van der Waals surface area contributed by atoms with Crippen molar-refractivity contribution in [2.24, 2.45) is 16.5 Å². The van der Waals surface area contributed by atoms with E-state index in [1.165, 1.54) is 11.1 Å². The Morgan fingerprint density at radius 2 is 2.14 bits per heavy atom. The number of carbonyl (C=O) groups excluding carboxylic acids is 1. The van der Waals surface area contributed by atoms with E-state index in [4.69, 9.17) is 34.7 Å². The van der Waals surface area contributed by atoms with E-state index in [0.717, 1.165) is 0 Å². The monoisotopic (exact) mass is 325 g/mol. The molecule has 3 rings (SSSR count). The largest absolute Gasteiger partial charge is 0.336 e. The van der Waals surface area contributed by atoms with Crippen molar-refractivity contribution in [2.45, 2.75) is 11.8 Å². The Morgan fingerprint density at radius 1 is 1.43 bits per heavy atom. The zero-order chi connectivity index (χ0) is 15.4. The van der Waals surface area contributed by atoms with Gasteiger partial charge >= 0.3 is 0 Å². The SMILES string of the molecule is CN1C(=O)c2c(cccc2C2(N)N=C(Cl)NC=C2Cl)C1N. The van der Waals surface area contributed by atoms with Gasteiger partial charge in [0.2, 0.25) is 0 Å². The quantitative estimate of drug-likeness (QED) is 0.674. The molecule has 0 bridgehead atoms. The number of hydrogen-bond acceptors (Lipinski definition) is 5. The minimum absolute atomic E-state index is 0.0996. The van der Waals surface area contributed by atoms with E-state index in [1.807, 2.05) is 0 Å². The highest BCUT2D eigenvalue weighted by Crippen LogP contribution is 2.40. The third kappa shape index (κ3) is 1.95. The summed E-state index contributed by atoms with van der Waals surface area (Å²) in [7, 11) is 1.64. The number of nitrogens with zero attached hydrogens (tertiary/aromatic N) is 2. The average Bonchev–Trinajstić information content (AvgIpc) is 2.68. The molecule has 110 valence electrons. The van der Waals surface area contributed by atoms with Crippen molar-refractivity contribution in [1.29, 1.82) is 0 Å². The van der Waals surface area contributed by atoms with E-state index in [2.05, 4.69) is 10.3 Å². The molecule has 1 amide bonds. The molecule has 0 fully saturated rings. The molecule has 0 aromatic heterocycles. The summed E-state index contributed by atoms with van der Waals surface area (Å²) in [6.45, 7) is 0. The van der Waals surface area contributed by atoms with Crippen LogP contribution in [0.25, 0.3) is 0 Å². The first-order chi connectivity index (χ1) is 9.86. The number of fused-ring (bicyclic) bond motifs is 1. The number of halogens is 2. The highest BCUT2D eigenvalue weighted by molar-refractivity contribution is 6.65. The van der Waals surface area contributed by atoms with Gasteiger partial charge in [-0.25, -0.2) is 4.99 Å². The smallest absolute Gasteiger partial charge is 0.255 e. The molecular formula is C13H13Cl2N5O. The van der Waals surface area contributed by atoms with Crippen LogP contribution in [0.3, 0.4) is 0 Å². The van der Waals surface area contributed by atoms with Crippen LogP contribution in [-0.2, 0) is 5.66 Å². The molecule has 0 spiro atoms. The van der Waals surface area contributed by atoms with Gasteiger partial charge in [0.05, 0.1) is 10.6 Å². The number of amides is 1. The first kappa shape index (κ1) is 14.3. The second-order valence-electron chi connectivity index (χ2n) is 4.94. The van der Waals surface area contributed by atoms with Crippen molar-refractivity contribution < 1.29 is 4.79 Å². The van der Waals surface area contributed by atoms with Crippen LogP contribution in [0.5, 0.6) is 0 Å². The highest BCUT2D eigenvalue weighted by Gasteiger charge is 2.42. The fourth-order valence-electron chi connectivity index (χ4n) is 2.55. The van der Waals surface area contributed by atoms with E-state index in [9.17, 15) is 4.79 Å². The van der Waals surface area contributed by atoms with Gasteiger partial charge in [-0.2, -0.15) is 0 Å². The lowest BCUT2D eigenvalue weighted by Crippen LogP contribution is -2.42. The molecule has 2 atom stereocenters. The fourth-order valence-corrected chi connectivity index (χ4v) is 2.93. The van der Waals surface area contributed by atoms with Crippen molar-refractivity contribution in [3.8, 4) is 0 Å². The van der Waals surface area contributed by atoms with Crippen LogP contribution >= 0.6 is 23.2 Å².